The van der Waals surface area contributed by atoms with Gasteiger partial charge in [-0.1, -0.05) is 45.4 Å². The van der Waals surface area contributed by atoms with E-state index in [-0.39, 0.29) is 0 Å². The molecule has 0 fully saturated rings. The van der Waals surface area contributed by atoms with E-state index in [4.69, 9.17) is 4.42 Å². The van der Waals surface area contributed by atoms with Gasteiger partial charge in [-0.25, -0.2) is 0 Å². The van der Waals surface area contributed by atoms with Crippen LogP contribution in [0.25, 0.3) is 0 Å². The molecule has 110 valence electrons. The number of furan rings is 1. The lowest BCUT2D eigenvalue weighted by molar-refractivity contribution is 0.485. The summed E-state index contributed by atoms with van der Waals surface area (Å²) < 4.78 is 5.58. The normalized spacial score (nSPS) is 12.8. The van der Waals surface area contributed by atoms with E-state index in [2.05, 4.69) is 25.2 Å². The molecule has 1 aromatic rings. The molecule has 0 amide bonds. The molecule has 0 aliphatic carbocycles. The third kappa shape index (κ3) is 6.29. The smallest absolute Gasteiger partial charge is 0.105 e. The predicted molar refractivity (Wildman–Crippen MR) is 82.6 cm³/mol. The Kier molecular flexibility index (Phi) is 7.88. The average Bonchev–Trinajstić information content (AvgIpc) is 2.71. The quantitative estimate of drug-likeness (QED) is 0.581. The van der Waals surface area contributed by atoms with Crippen LogP contribution in [0.3, 0.4) is 0 Å². The molecule has 1 unspecified atom stereocenters. The van der Waals surface area contributed by atoms with Gasteiger partial charge in [0.1, 0.15) is 11.5 Å². The zero-order chi connectivity index (χ0) is 14.1. The van der Waals surface area contributed by atoms with Crippen LogP contribution in [0.2, 0.25) is 0 Å². The van der Waals surface area contributed by atoms with Gasteiger partial charge in [-0.3, -0.25) is 0 Å². The van der Waals surface area contributed by atoms with Crippen molar-refractivity contribution in [1.82, 2.24) is 5.32 Å². The Bertz CT molecular complexity index is 343. The second-order valence-corrected chi connectivity index (χ2v) is 5.67. The summed E-state index contributed by atoms with van der Waals surface area (Å²) in [5.41, 5.74) is 1.31. The zero-order valence-electron chi connectivity index (χ0n) is 13.2. The van der Waals surface area contributed by atoms with Crippen LogP contribution >= 0.6 is 0 Å². The fourth-order valence-corrected chi connectivity index (χ4v) is 2.59. The molecule has 0 bridgehead atoms. The van der Waals surface area contributed by atoms with E-state index in [1.807, 2.05) is 13.8 Å². The maximum atomic E-state index is 5.58. The fourth-order valence-electron chi connectivity index (χ4n) is 2.59. The molecule has 19 heavy (non-hydrogen) atoms. The number of unbranched alkanes of at least 4 members (excludes halogenated alkanes) is 6. The molecule has 1 heterocycles. The van der Waals surface area contributed by atoms with Gasteiger partial charge in [0.2, 0.25) is 0 Å². The summed E-state index contributed by atoms with van der Waals surface area (Å²) in [6.07, 6.45) is 9.58. The SMILES string of the molecule is CCCCCCCCCNC(C)c1cc(C)oc1C. The molecule has 1 aromatic heterocycles. The second kappa shape index (κ2) is 9.19. The summed E-state index contributed by atoms with van der Waals surface area (Å²) in [6.45, 7) is 9.66. The van der Waals surface area contributed by atoms with Crippen molar-refractivity contribution in [2.24, 2.45) is 0 Å². The lowest BCUT2D eigenvalue weighted by atomic mass is 10.1. The minimum Gasteiger partial charge on any atom is -0.466 e. The summed E-state index contributed by atoms with van der Waals surface area (Å²) in [7, 11) is 0. The van der Waals surface area contributed by atoms with Crippen LogP contribution in [0.5, 0.6) is 0 Å². The maximum Gasteiger partial charge on any atom is 0.105 e. The Balaban J connectivity index is 2.08. The van der Waals surface area contributed by atoms with E-state index in [1.54, 1.807) is 0 Å². The zero-order valence-corrected chi connectivity index (χ0v) is 13.2. The number of hydrogen-bond acceptors (Lipinski definition) is 2. The van der Waals surface area contributed by atoms with Gasteiger partial charge in [-0.2, -0.15) is 0 Å². The van der Waals surface area contributed by atoms with Gasteiger partial charge in [0.25, 0.3) is 0 Å². The Morgan fingerprint density at radius 1 is 1.05 bits per heavy atom. The van der Waals surface area contributed by atoms with Crippen LogP contribution in [-0.2, 0) is 0 Å². The summed E-state index contributed by atoms with van der Waals surface area (Å²) in [6, 6.07) is 2.55. The van der Waals surface area contributed by atoms with Gasteiger partial charge >= 0.3 is 0 Å². The molecule has 0 saturated carbocycles. The second-order valence-electron chi connectivity index (χ2n) is 5.67. The van der Waals surface area contributed by atoms with E-state index in [1.165, 1.54) is 50.5 Å². The molecule has 1 rings (SSSR count). The molecular formula is C17H31NO. The first kappa shape index (κ1) is 16.3. The highest BCUT2D eigenvalue weighted by Crippen LogP contribution is 2.21. The van der Waals surface area contributed by atoms with Crippen LogP contribution in [0, 0.1) is 13.8 Å². The van der Waals surface area contributed by atoms with Crippen molar-refractivity contribution in [3.05, 3.63) is 23.2 Å². The first-order valence-electron chi connectivity index (χ1n) is 7.95. The van der Waals surface area contributed by atoms with Gasteiger partial charge in [0, 0.05) is 11.6 Å². The standard InChI is InChI=1S/C17H31NO/c1-5-6-7-8-9-10-11-12-18-15(3)17-13-14(2)19-16(17)4/h13,15,18H,5-12H2,1-4H3. The monoisotopic (exact) mass is 265 g/mol. The Morgan fingerprint density at radius 2 is 1.68 bits per heavy atom. The predicted octanol–water partition coefficient (Wildman–Crippen LogP) is 5.30. The van der Waals surface area contributed by atoms with Crippen molar-refractivity contribution in [2.45, 2.75) is 78.7 Å². The highest BCUT2D eigenvalue weighted by atomic mass is 16.3. The minimum atomic E-state index is 0.401. The summed E-state index contributed by atoms with van der Waals surface area (Å²) in [4.78, 5) is 0. The molecule has 0 aromatic carbocycles. The van der Waals surface area contributed by atoms with Crippen LogP contribution in [0.15, 0.2) is 10.5 Å². The van der Waals surface area contributed by atoms with Crippen LogP contribution < -0.4 is 5.32 Å². The lowest BCUT2D eigenvalue weighted by Crippen LogP contribution is -2.19. The van der Waals surface area contributed by atoms with E-state index in [9.17, 15) is 0 Å². The third-order valence-corrected chi connectivity index (χ3v) is 3.78. The highest BCUT2D eigenvalue weighted by Gasteiger charge is 2.11. The van der Waals surface area contributed by atoms with Crippen LogP contribution in [0.4, 0.5) is 0 Å². The molecule has 0 aliphatic rings. The molecule has 2 heteroatoms. The molecule has 0 radical (unpaired) electrons. The van der Waals surface area contributed by atoms with E-state index >= 15 is 0 Å². The van der Waals surface area contributed by atoms with Gasteiger partial charge in [-0.15, -0.1) is 0 Å². The van der Waals surface area contributed by atoms with Crippen molar-refractivity contribution in [1.29, 1.82) is 0 Å². The van der Waals surface area contributed by atoms with Gasteiger partial charge < -0.3 is 9.73 Å². The van der Waals surface area contributed by atoms with Gasteiger partial charge in [0.15, 0.2) is 0 Å². The largest absolute Gasteiger partial charge is 0.466 e. The fraction of sp³-hybridized carbons (Fsp3) is 0.765. The van der Waals surface area contributed by atoms with Gasteiger partial charge in [-0.05, 0) is 39.8 Å². The molecule has 0 aliphatic heterocycles. The summed E-state index contributed by atoms with van der Waals surface area (Å²) in [5, 5.41) is 3.60. The minimum absolute atomic E-state index is 0.401. The molecule has 1 atom stereocenters. The third-order valence-electron chi connectivity index (χ3n) is 3.78. The Morgan fingerprint density at radius 3 is 2.26 bits per heavy atom. The summed E-state index contributed by atoms with van der Waals surface area (Å²) in [5.74, 6) is 2.06. The first-order valence-corrected chi connectivity index (χ1v) is 7.95. The van der Waals surface area contributed by atoms with E-state index < -0.39 is 0 Å². The number of rotatable bonds is 10. The van der Waals surface area contributed by atoms with E-state index in [0.29, 0.717) is 6.04 Å². The summed E-state index contributed by atoms with van der Waals surface area (Å²) >= 11 is 0. The van der Waals surface area contributed by atoms with Crippen LogP contribution in [-0.4, -0.2) is 6.54 Å². The first-order chi connectivity index (χ1) is 9.15. The van der Waals surface area contributed by atoms with Crippen molar-refractivity contribution in [3.63, 3.8) is 0 Å². The number of nitrogens with one attached hydrogen (secondary N) is 1. The number of aryl methyl sites for hydroxylation is 2. The molecular weight excluding hydrogens is 234 g/mol. The van der Waals surface area contributed by atoms with Crippen molar-refractivity contribution in [3.8, 4) is 0 Å². The van der Waals surface area contributed by atoms with E-state index in [0.717, 1.165) is 18.1 Å². The molecule has 1 N–H and O–H groups in total. The highest BCUT2D eigenvalue weighted by molar-refractivity contribution is 5.23. The molecule has 0 saturated heterocycles. The lowest BCUT2D eigenvalue weighted by Gasteiger charge is -2.12. The molecule has 0 spiro atoms. The van der Waals surface area contributed by atoms with Crippen molar-refractivity contribution < 1.29 is 4.42 Å². The maximum absolute atomic E-state index is 5.58. The number of hydrogen-bond donors (Lipinski definition) is 1. The van der Waals surface area contributed by atoms with Crippen LogP contribution in [0.1, 0.15) is 81.9 Å². The Hall–Kier alpha value is -0.760. The van der Waals surface area contributed by atoms with Gasteiger partial charge in [0.05, 0.1) is 0 Å². The average molecular weight is 265 g/mol. The van der Waals surface area contributed by atoms with Crippen molar-refractivity contribution in [2.75, 3.05) is 6.54 Å². The Labute approximate surface area is 119 Å². The van der Waals surface area contributed by atoms with Crippen molar-refractivity contribution >= 4 is 0 Å². The molecule has 2 nitrogen and oxygen atoms in total. The topological polar surface area (TPSA) is 25.2 Å².